The van der Waals surface area contributed by atoms with Gasteiger partial charge in [0.15, 0.2) is 0 Å². The van der Waals surface area contributed by atoms with E-state index < -0.39 is 5.97 Å². The zero-order chi connectivity index (χ0) is 15.1. The molecule has 2 amide bonds. The van der Waals surface area contributed by atoms with E-state index in [-0.39, 0.29) is 17.9 Å². The topological polar surface area (TPSA) is 69.6 Å². The van der Waals surface area contributed by atoms with Crippen molar-refractivity contribution in [3.63, 3.8) is 0 Å². The van der Waals surface area contributed by atoms with E-state index >= 15 is 0 Å². The third-order valence-corrected chi connectivity index (χ3v) is 4.37. The molecule has 0 aromatic carbocycles. The second-order valence-electron chi connectivity index (χ2n) is 6.07. The molecule has 3 atom stereocenters. The fourth-order valence-electron chi connectivity index (χ4n) is 2.81. The van der Waals surface area contributed by atoms with Gasteiger partial charge >= 0.3 is 12.0 Å². The first-order valence-electron chi connectivity index (χ1n) is 7.67. The zero-order valence-electron chi connectivity index (χ0n) is 12.9. The van der Waals surface area contributed by atoms with Crippen molar-refractivity contribution in [2.45, 2.75) is 46.0 Å². The first-order valence-corrected chi connectivity index (χ1v) is 7.67. The lowest BCUT2D eigenvalue weighted by atomic mass is 9.79. The van der Waals surface area contributed by atoms with Crippen molar-refractivity contribution in [3.05, 3.63) is 0 Å². The molecular formula is C15H28N2O3. The highest BCUT2D eigenvalue weighted by Crippen LogP contribution is 2.29. The first-order chi connectivity index (χ1) is 9.45. The molecule has 20 heavy (non-hydrogen) atoms. The molecule has 0 saturated heterocycles. The number of carbonyl (C=O) groups is 2. The summed E-state index contributed by atoms with van der Waals surface area (Å²) in [6, 6.07) is -0.0972. The molecule has 1 fully saturated rings. The highest BCUT2D eigenvalue weighted by molar-refractivity contribution is 5.74. The Morgan fingerprint density at radius 2 is 2.00 bits per heavy atom. The van der Waals surface area contributed by atoms with Crippen LogP contribution in [0.5, 0.6) is 0 Å². The maximum absolute atomic E-state index is 12.0. The van der Waals surface area contributed by atoms with Crippen LogP contribution >= 0.6 is 0 Å². The Hall–Kier alpha value is -1.26. The summed E-state index contributed by atoms with van der Waals surface area (Å²) < 4.78 is 0. The largest absolute Gasteiger partial charge is 0.481 e. The van der Waals surface area contributed by atoms with Gasteiger partial charge in [0.2, 0.25) is 0 Å². The van der Waals surface area contributed by atoms with Crippen LogP contribution in [0.4, 0.5) is 4.79 Å². The SMILES string of the molecule is CCC(C)CN(C)C(=O)NCC1CCCCC1C(=O)O. The fraction of sp³-hybridized carbons (Fsp3) is 0.867. The van der Waals surface area contributed by atoms with E-state index in [0.29, 0.717) is 12.5 Å². The smallest absolute Gasteiger partial charge is 0.317 e. The van der Waals surface area contributed by atoms with Gasteiger partial charge in [-0.2, -0.15) is 0 Å². The van der Waals surface area contributed by atoms with Crippen LogP contribution in [0.25, 0.3) is 0 Å². The molecule has 0 spiro atoms. The van der Waals surface area contributed by atoms with Crippen molar-refractivity contribution >= 4 is 12.0 Å². The molecule has 2 N–H and O–H groups in total. The number of nitrogens with zero attached hydrogens (tertiary/aromatic N) is 1. The van der Waals surface area contributed by atoms with Gasteiger partial charge in [0, 0.05) is 20.1 Å². The predicted octanol–water partition coefficient (Wildman–Crippen LogP) is 2.56. The Morgan fingerprint density at radius 1 is 1.35 bits per heavy atom. The molecule has 0 radical (unpaired) electrons. The van der Waals surface area contributed by atoms with Crippen LogP contribution in [0.3, 0.4) is 0 Å². The number of carbonyl (C=O) groups excluding carboxylic acids is 1. The summed E-state index contributed by atoms with van der Waals surface area (Å²) in [7, 11) is 1.79. The summed E-state index contributed by atoms with van der Waals surface area (Å²) in [5.41, 5.74) is 0. The predicted molar refractivity (Wildman–Crippen MR) is 78.6 cm³/mol. The summed E-state index contributed by atoms with van der Waals surface area (Å²) in [6.07, 6.45) is 4.72. The fourth-order valence-corrected chi connectivity index (χ4v) is 2.81. The minimum atomic E-state index is -0.725. The van der Waals surface area contributed by atoms with Crippen LogP contribution < -0.4 is 5.32 Å². The van der Waals surface area contributed by atoms with E-state index in [2.05, 4.69) is 19.2 Å². The number of carboxylic acids is 1. The maximum atomic E-state index is 12.0. The van der Waals surface area contributed by atoms with E-state index in [1.165, 1.54) is 0 Å². The summed E-state index contributed by atoms with van der Waals surface area (Å²) in [4.78, 5) is 24.9. The average Bonchev–Trinajstić information content (AvgIpc) is 2.44. The molecule has 5 heteroatoms. The molecule has 0 aliphatic heterocycles. The molecule has 0 aromatic rings. The van der Waals surface area contributed by atoms with Crippen molar-refractivity contribution in [3.8, 4) is 0 Å². The van der Waals surface area contributed by atoms with Crippen LogP contribution in [-0.4, -0.2) is 42.1 Å². The maximum Gasteiger partial charge on any atom is 0.317 e. The van der Waals surface area contributed by atoms with Gasteiger partial charge in [-0.3, -0.25) is 4.79 Å². The third kappa shape index (κ3) is 5.02. The molecule has 5 nitrogen and oxygen atoms in total. The lowest BCUT2D eigenvalue weighted by Crippen LogP contribution is -2.43. The van der Waals surface area contributed by atoms with Crippen molar-refractivity contribution < 1.29 is 14.7 Å². The molecule has 0 heterocycles. The molecule has 0 aromatic heterocycles. The molecular weight excluding hydrogens is 256 g/mol. The number of urea groups is 1. The second-order valence-corrected chi connectivity index (χ2v) is 6.07. The van der Waals surface area contributed by atoms with E-state index in [1.54, 1.807) is 11.9 Å². The number of hydrogen-bond acceptors (Lipinski definition) is 2. The Labute approximate surface area is 121 Å². The number of hydrogen-bond donors (Lipinski definition) is 2. The van der Waals surface area contributed by atoms with Gasteiger partial charge in [0.25, 0.3) is 0 Å². The standard InChI is InChI=1S/C15H28N2O3/c1-4-11(2)10-17(3)15(20)16-9-12-7-5-6-8-13(12)14(18)19/h11-13H,4-10H2,1-3H3,(H,16,20)(H,18,19). The van der Waals surface area contributed by atoms with Crippen LogP contribution in [0.2, 0.25) is 0 Å². The Morgan fingerprint density at radius 3 is 2.60 bits per heavy atom. The monoisotopic (exact) mass is 284 g/mol. The van der Waals surface area contributed by atoms with Crippen LogP contribution in [0.1, 0.15) is 46.0 Å². The number of aliphatic carboxylic acids is 1. The number of carboxylic acid groups (broad SMARTS) is 1. The average molecular weight is 284 g/mol. The van der Waals surface area contributed by atoms with E-state index in [1.807, 2.05) is 0 Å². The summed E-state index contributed by atoms with van der Waals surface area (Å²) in [5, 5.41) is 12.1. The summed E-state index contributed by atoms with van der Waals surface area (Å²) in [6.45, 7) is 5.43. The molecule has 1 aliphatic rings. The minimum Gasteiger partial charge on any atom is -0.481 e. The van der Waals surface area contributed by atoms with Gasteiger partial charge in [-0.15, -0.1) is 0 Å². The minimum absolute atomic E-state index is 0.0715. The van der Waals surface area contributed by atoms with Gasteiger partial charge in [-0.25, -0.2) is 4.79 Å². The van der Waals surface area contributed by atoms with Gasteiger partial charge in [0.05, 0.1) is 5.92 Å². The lowest BCUT2D eigenvalue weighted by molar-refractivity contribution is -0.144. The van der Waals surface area contributed by atoms with Crippen molar-refractivity contribution in [2.75, 3.05) is 20.1 Å². The molecule has 1 aliphatic carbocycles. The molecule has 1 saturated carbocycles. The van der Waals surface area contributed by atoms with E-state index in [0.717, 1.165) is 38.6 Å². The lowest BCUT2D eigenvalue weighted by Gasteiger charge is -2.29. The van der Waals surface area contributed by atoms with Gasteiger partial charge in [-0.05, 0) is 24.7 Å². The Bertz CT molecular complexity index is 333. The van der Waals surface area contributed by atoms with Gasteiger partial charge in [0.1, 0.15) is 0 Å². The van der Waals surface area contributed by atoms with Crippen LogP contribution in [0.15, 0.2) is 0 Å². The third-order valence-electron chi connectivity index (χ3n) is 4.37. The normalized spacial score (nSPS) is 23.9. The molecule has 0 bridgehead atoms. The summed E-state index contributed by atoms with van der Waals surface area (Å²) >= 11 is 0. The highest BCUT2D eigenvalue weighted by atomic mass is 16.4. The number of rotatable bonds is 6. The molecule has 1 rings (SSSR count). The summed E-state index contributed by atoms with van der Waals surface area (Å²) in [5.74, 6) is -0.477. The van der Waals surface area contributed by atoms with E-state index in [4.69, 9.17) is 0 Å². The Kier molecular flexibility index (Phi) is 6.82. The van der Waals surface area contributed by atoms with Crippen molar-refractivity contribution in [1.82, 2.24) is 10.2 Å². The van der Waals surface area contributed by atoms with Crippen molar-refractivity contribution in [1.29, 1.82) is 0 Å². The molecule has 116 valence electrons. The van der Waals surface area contributed by atoms with Crippen LogP contribution in [-0.2, 0) is 4.79 Å². The first kappa shape index (κ1) is 16.8. The zero-order valence-corrected chi connectivity index (χ0v) is 12.9. The van der Waals surface area contributed by atoms with Gasteiger partial charge in [-0.1, -0.05) is 33.1 Å². The molecule has 3 unspecified atom stereocenters. The van der Waals surface area contributed by atoms with Crippen molar-refractivity contribution in [2.24, 2.45) is 17.8 Å². The number of nitrogens with one attached hydrogen (secondary N) is 1. The van der Waals surface area contributed by atoms with Gasteiger partial charge < -0.3 is 15.3 Å². The second kappa shape index (κ2) is 8.12. The quantitative estimate of drug-likeness (QED) is 0.787. The highest BCUT2D eigenvalue weighted by Gasteiger charge is 2.31. The van der Waals surface area contributed by atoms with E-state index in [9.17, 15) is 14.7 Å². The Balaban J connectivity index is 2.40. The number of amides is 2. The van der Waals surface area contributed by atoms with Crippen LogP contribution in [0, 0.1) is 17.8 Å².